The second-order valence-corrected chi connectivity index (χ2v) is 6.01. The molecule has 0 aliphatic heterocycles. The van der Waals surface area contributed by atoms with E-state index in [4.69, 9.17) is 0 Å². The van der Waals surface area contributed by atoms with E-state index in [1.807, 2.05) is 11.3 Å². The molecule has 0 fully saturated rings. The Hall–Kier alpha value is -0.640. The molecule has 3 heteroatoms. The summed E-state index contributed by atoms with van der Waals surface area (Å²) in [5.74, 6) is 0. The Morgan fingerprint density at radius 3 is 2.94 bits per heavy atom. The van der Waals surface area contributed by atoms with Crippen molar-refractivity contribution in [3.05, 3.63) is 34.5 Å². The van der Waals surface area contributed by atoms with E-state index in [0.717, 1.165) is 26.1 Å². The zero-order valence-electron chi connectivity index (χ0n) is 11.9. The summed E-state index contributed by atoms with van der Waals surface area (Å²) in [5.41, 5.74) is 1.27. The molecule has 0 amide bonds. The van der Waals surface area contributed by atoms with Crippen LogP contribution in [-0.4, -0.2) is 37.6 Å². The van der Waals surface area contributed by atoms with Crippen LogP contribution in [0, 0.1) is 0 Å². The number of likely N-dealkylation sites (N-methyl/N-ethyl adjacent to an activating group) is 1. The van der Waals surface area contributed by atoms with E-state index in [9.17, 15) is 0 Å². The Bertz CT molecular complexity index is 332. The van der Waals surface area contributed by atoms with Crippen molar-refractivity contribution < 1.29 is 0 Å². The van der Waals surface area contributed by atoms with Crippen molar-refractivity contribution >= 4 is 11.3 Å². The highest BCUT2D eigenvalue weighted by Gasteiger charge is 2.11. The molecule has 0 radical (unpaired) electrons. The maximum absolute atomic E-state index is 4.14. The van der Waals surface area contributed by atoms with Gasteiger partial charge in [-0.2, -0.15) is 0 Å². The lowest BCUT2D eigenvalue weighted by atomic mass is 10.1. The number of thiophene rings is 1. The van der Waals surface area contributed by atoms with E-state index >= 15 is 0 Å². The molecular formula is C15H26N2S. The summed E-state index contributed by atoms with van der Waals surface area (Å²) in [5, 5.41) is 5.55. The molecule has 1 aromatic heterocycles. The minimum absolute atomic E-state index is 0.562. The van der Waals surface area contributed by atoms with Crippen LogP contribution in [0.4, 0.5) is 0 Å². The Labute approximate surface area is 116 Å². The van der Waals surface area contributed by atoms with Gasteiger partial charge in [0.25, 0.3) is 0 Å². The van der Waals surface area contributed by atoms with Gasteiger partial charge < -0.3 is 5.32 Å². The summed E-state index contributed by atoms with van der Waals surface area (Å²) in [4.78, 5) is 3.85. The van der Waals surface area contributed by atoms with Crippen molar-refractivity contribution in [3.63, 3.8) is 0 Å². The summed E-state index contributed by atoms with van der Waals surface area (Å²) in [6.07, 6.45) is 2.31. The zero-order valence-corrected chi connectivity index (χ0v) is 12.7. The van der Waals surface area contributed by atoms with Crippen molar-refractivity contribution in [1.29, 1.82) is 0 Å². The van der Waals surface area contributed by atoms with Gasteiger partial charge in [-0.05, 0) is 50.4 Å². The Balaban J connectivity index is 2.26. The summed E-state index contributed by atoms with van der Waals surface area (Å²) in [6.45, 7) is 11.6. The molecule has 18 heavy (non-hydrogen) atoms. The Kier molecular flexibility index (Phi) is 7.25. The SMILES string of the molecule is C=C(CNCCC)CN(C)C(C)Cc1cccs1. The first-order valence-corrected chi connectivity index (χ1v) is 7.61. The monoisotopic (exact) mass is 266 g/mol. The molecule has 1 atom stereocenters. The van der Waals surface area contributed by atoms with Gasteiger partial charge in [0.2, 0.25) is 0 Å². The number of rotatable bonds is 9. The van der Waals surface area contributed by atoms with Crippen LogP contribution in [0.15, 0.2) is 29.7 Å². The largest absolute Gasteiger partial charge is 0.313 e. The molecule has 1 aromatic rings. The van der Waals surface area contributed by atoms with Gasteiger partial charge in [-0.25, -0.2) is 0 Å². The number of hydrogen-bond donors (Lipinski definition) is 1. The molecule has 2 nitrogen and oxygen atoms in total. The third kappa shape index (κ3) is 5.80. The van der Waals surface area contributed by atoms with Crippen molar-refractivity contribution in [1.82, 2.24) is 10.2 Å². The molecule has 0 aliphatic carbocycles. The first-order valence-electron chi connectivity index (χ1n) is 6.73. The molecular weight excluding hydrogens is 240 g/mol. The van der Waals surface area contributed by atoms with Crippen molar-refractivity contribution in [3.8, 4) is 0 Å². The molecule has 0 bridgehead atoms. The summed E-state index contributed by atoms with van der Waals surface area (Å²) in [7, 11) is 2.18. The molecule has 0 spiro atoms. The van der Waals surface area contributed by atoms with Crippen LogP contribution < -0.4 is 5.32 Å². The fraction of sp³-hybridized carbons (Fsp3) is 0.600. The third-order valence-electron chi connectivity index (χ3n) is 3.10. The van der Waals surface area contributed by atoms with Crippen LogP contribution in [-0.2, 0) is 6.42 Å². The lowest BCUT2D eigenvalue weighted by Gasteiger charge is -2.25. The summed E-state index contributed by atoms with van der Waals surface area (Å²) >= 11 is 1.84. The first kappa shape index (κ1) is 15.4. The van der Waals surface area contributed by atoms with Gasteiger partial charge >= 0.3 is 0 Å². The molecule has 102 valence electrons. The minimum Gasteiger partial charge on any atom is -0.313 e. The standard InChI is InChI=1S/C15H26N2S/c1-5-8-16-11-13(2)12-17(4)14(3)10-15-7-6-9-18-15/h6-7,9,14,16H,2,5,8,10-12H2,1,3-4H3. The van der Waals surface area contributed by atoms with Gasteiger partial charge in [0.05, 0.1) is 0 Å². The van der Waals surface area contributed by atoms with Gasteiger partial charge in [-0.1, -0.05) is 19.6 Å². The lowest BCUT2D eigenvalue weighted by molar-refractivity contribution is 0.276. The van der Waals surface area contributed by atoms with Crippen molar-refractivity contribution in [2.75, 3.05) is 26.7 Å². The predicted octanol–water partition coefficient (Wildman–Crippen LogP) is 3.17. The van der Waals surface area contributed by atoms with Crippen LogP contribution in [0.5, 0.6) is 0 Å². The maximum atomic E-state index is 4.14. The second kappa shape index (κ2) is 8.46. The van der Waals surface area contributed by atoms with Gasteiger partial charge in [0.15, 0.2) is 0 Å². The minimum atomic E-state index is 0.562. The molecule has 1 unspecified atom stereocenters. The number of nitrogens with zero attached hydrogens (tertiary/aromatic N) is 1. The van der Waals surface area contributed by atoms with Crippen LogP contribution in [0.1, 0.15) is 25.1 Å². The summed E-state index contributed by atoms with van der Waals surface area (Å²) < 4.78 is 0. The summed E-state index contributed by atoms with van der Waals surface area (Å²) in [6, 6.07) is 4.90. The van der Waals surface area contributed by atoms with Gasteiger partial charge in [0.1, 0.15) is 0 Å². The molecule has 0 aliphatic rings. The van der Waals surface area contributed by atoms with Gasteiger partial charge in [-0.3, -0.25) is 4.90 Å². The van der Waals surface area contributed by atoms with Crippen molar-refractivity contribution in [2.24, 2.45) is 0 Å². The van der Waals surface area contributed by atoms with Crippen LogP contribution >= 0.6 is 11.3 Å². The predicted molar refractivity (Wildman–Crippen MR) is 82.4 cm³/mol. The molecule has 0 saturated carbocycles. The quantitative estimate of drug-likeness (QED) is 0.545. The topological polar surface area (TPSA) is 15.3 Å². The highest BCUT2D eigenvalue weighted by atomic mass is 32.1. The lowest BCUT2D eigenvalue weighted by Crippen LogP contribution is -2.34. The van der Waals surface area contributed by atoms with E-state index in [2.05, 4.69) is 55.2 Å². The van der Waals surface area contributed by atoms with Gasteiger partial charge in [0, 0.05) is 24.0 Å². The third-order valence-corrected chi connectivity index (χ3v) is 4.00. The molecule has 1 N–H and O–H groups in total. The highest BCUT2D eigenvalue weighted by molar-refractivity contribution is 7.09. The van der Waals surface area contributed by atoms with Crippen molar-refractivity contribution in [2.45, 2.75) is 32.7 Å². The average molecular weight is 266 g/mol. The fourth-order valence-electron chi connectivity index (χ4n) is 1.88. The zero-order chi connectivity index (χ0) is 13.4. The van der Waals surface area contributed by atoms with E-state index in [1.54, 1.807) is 0 Å². The average Bonchev–Trinajstić information content (AvgIpc) is 2.82. The first-order chi connectivity index (χ1) is 8.63. The number of nitrogens with one attached hydrogen (secondary N) is 1. The van der Waals surface area contributed by atoms with Crippen LogP contribution in [0.2, 0.25) is 0 Å². The Morgan fingerprint density at radius 1 is 1.56 bits per heavy atom. The molecule has 0 aromatic carbocycles. The van der Waals surface area contributed by atoms with Crippen LogP contribution in [0.3, 0.4) is 0 Å². The van der Waals surface area contributed by atoms with E-state index in [0.29, 0.717) is 6.04 Å². The molecule has 0 saturated heterocycles. The number of hydrogen-bond acceptors (Lipinski definition) is 3. The van der Waals surface area contributed by atoms with E-state index < -0.39 is 0 Å². The second-order valence-electron chi connectivity index (χ2n) is 4.97. The molecule has 1 rings (SSSR count). The highest BCUT2D eigenvalue weighted by Crippen LogP contribution is 2.13. The fourth-order valence-corrected chi connectivity index (χ4v) is 2.71. The smallest absolute Gasteiger partial charge is 0.0202 e. The van der Waals surface area contributed by atoms with E-state index in [-0.39, 0.29) is 0 Å². The molecule has 1 heterocycles. The maximum Gasteiger partial charge on any atom is 0.0202 e. The Morgan fingerprint density at radius 2 is 2.33 bits per heavy atom. The normalized spacial score (nSPS) is 12.9. The van der Waals surface area contributed by atoms with E-state index in [1.165, 1.54) is 16.9 Å². The van der Waals surface area contributed by atoms with Crippen LogP contribution in [0.25, 0.3) is 0 Å². The van der Waals surface area contributed by atoms with Gasteiger partial charge in [-0.15, -0.1) is 11.3 Å².